The number of carbonyl (C=O) groups excluding carboxylic acids is 2. The maximum absolute atomic E-state index is 13.4. The molecular formula is C27H55N5O4. The highest BCUT2D eigenvalue weighted by Gasteiger charge is 2.45. The zero-order valence-electron chi connectivity index (χ0n) is 23.3. The Bertz CT molecular complexity index is 640. The lowest BCUT2D eigenvalue weighted by Gasteiger charge is -2.37. The van der Waals surface area contributed by atoms with Crippen LogP contribution >= 0.6 is 0 Å². The molecule has 0 aliphatic carbocycles. The Morgan fingerprint density at radius 2 is 1.25 bits per heavy atom. The van der Waals surface area contributed by atoms with E-state index in [2.05, 4.69) is 6.92 Å². The van der Waals surface area contributed by atoms with Crippen molar-refractivity contribution in [1.29, 1.82) is 0 Å². The van der Waals surface area contributed by atoms with Gasteiger partial charge in [0.25, 0.3) is 0 Å². The molecule has 0 aromatic heterocycles. The Kier molecular flexibility index (Phi) is 17.9. The van der Waals surface area contributed by atoms with Crippen molar-refractivity contribution < 1.29 is 19.5 Å². The monoisotopic (exact) mass is 513 g/mol. The largest absolute Gasteiger partial charge is 0.479 e. The topological polar surface area (TPSA) is 179 Å². The number of hydrogen-bond acceptors (Lipinski definition) is 7. The lowest BCUT2D eigenvalue weighted by atomic mass is 9.83. The fourth-order valence-electron chi connectivity index (χ4n) is 4.49. The number of amides is 1. The highest BCUT2D eigenvalue weighted by Crippen LogP contribution is 2.23. The number of Topliss-reactive ketones (excluding diaryl/α,β-unsaturated/α-hetero) is 1. The maximum atomic E-state index is 13.4. The van der Waals surface area contributed by atoms with E-state index in [0.29, 0.717) is 13.0 Å². The van der Waals surface area contributed by atoms with Crippen molar-refractivity contribution in [3.05, 3.63) is 0 Å². The number of nitrogens with zero attached hydrogens (tertiary/aromatic N) is 1. The summed E-state index contributed by atoms with van der Waals surface area (Å²) >= 11 is 0. The number of carboxylic acid groups (broad SMARTS) is 1. The van der Waals surface area contributed by atoms with Crippen molar-refractivity contribution in [2.45, 2.75) is 135 Å². The molecule has 0 saturated heterocycles. The minimum Gasteiger partial charge on any atom is -0.479 e. The Labute approximate surface area is 219 Å². The van der Waals surface area contributed by atoms with Crippen LogP contribution in [0.3, 0.4) is 0 Å². The summed E-state index contributed by atoms with van der Waals surface area (Å²) in [4.78, 5) is 39.6. The second kappa shape index (κ2) is 18.7. The summed E-state index contributed by atoms with van der Waals surface area (Å²) in [5, 5.41) is 9.39. The zero-order chi connectivity index (χ0) is 27.7. The van der Waals surface area contributed by atoms with Crippen molar-refractivity contribution in [1.82, 2.24) is 4.90 Å². The normalized spacial score (nSPS) is 13.7. The highest BCUT2D eigenvalue weighted by molar-refractivity contribution is 5.95. The average Bonchev–Trinajstić information content (AvgIpc) is 2.81. The number of carboxylic acids is 1. The number of rotatable bonds is 22. The van der Waals surface area contributed by atoms with E-state index in [1.54, 1.807) is 4.90 Å². The van der Waals surface area contributed by atoms with Crippen LogP contribution in [0.4, 0.5) is 0 Å². The molecule has 0 fully saturated rings. The fourth-order valence-corrected chi connectivity index (χ4v) is 4.49. The fraction of sp³-hybridized carbons (Fsp3) is 0.889. The molecule has 9 N–H and O–H groups in total. The van der Waals surface area contributed by atoms with E-state index >= 15 is 0 Å². The number of carbonyl (C=O) groups is 3. The summed E-state index contributed by atoms with van der Waals surface area (Å²) in [6.45, 7) is 7.72. The lowest BCUT2D eigenvalue weighted by molar-refractivity contribution is -0.151. The number of aliphatic carboxylic acids is 1. The molecule has 0 heterocycles. The number of ketones is 1. The van der Waals surface area contributed by atoms with E-state index < -0.39 is 35.5 Å². The van der Waals surface area contributed by atoms with Crippen LogP contribution in [0.25, 0.3) is 0 Å². The van der Waals surface area contributed by atoms with Crippen LogP contribution in [0.2, 0.25) is 0 Å². The second-order valence-electron chi connectivity index (χ2n) is 10.7. The number of nitrogens with two attached hydrogens (primary N) is 4. The van der Waals surface area contributed by atoms with Gasteiger partial charge in [0, 0.05) is 13.0 Å². The summed E-state index contributed by atoms with van der Waals surface area (Å²) in [6, 6.07) is -0.819. The van der Waals surface area contributed by atoms with Gasteiger partial charge in [-0.25, -0.2) is 4.79 Å². The van der Waals surface area contributed by atoms with Crippen LogP contribution in [0.15, 0.2) is 0 Å². The molecule has 9 heteroatoms. The minimum absolute atomic E-state index is 0.121. The van der Waals surface area contributed by atoms with Crippen molar-refractivity contribution in [2.75, 3.05) is 6.54 Å². The van der Waals surface area contributed by atoms with Gasteiger partial charge in [0.15, 0.2) is 11.4 Å². The van der Waals surface area contributed by atoms with Gasteiger partial charge in [-0.1, -0.05) is 98.3 Å². The van der Waals surface area contributed by atoms with Crippen LogP contribution in [-0.4, -0.2) is 52.1 Å². The van der Waals surface area contributed by atoms with Gasteiger partial charge in [0.2, 0.25) is 5.91 Å². The van der Waals surface area contributed by atoms with E-state index in [1.165, 1.54) is 58.3 Å². The second-order valence-corrected chi connectivity index (χ2v) is 10.7. The summed E-state index contributed by atoms with van der Waals surface area (Å²) in [5.74, 6) is -3.53. The van der Waals surface area contributed by atoms with Gasteiger partial charge in [-0.15, -0.1) is 0 Å². The molecule has 0 aliphatic heterocycles. The minimum atomic E-state index is -2.21. The van der Waals surface area contributed by atoms with Crippen molar-refractivity contribution in [3.63, 3.8) is 0 Å². The van der Waals surface area contributed by atoms with E-state index in [4.69, 9.17) is 22.9 Å². The van der Waals surface area contributed by atoms with Crippen LogP contribution in [-0.2, 0) is 14.4 Å². The van der Waals surface area contributed by atoms with Gasteiger partial charge >= 0.3 is 5.97 Å². The molecule has 0 radical (unpaired) electrons. The Morgan fingerprint density at radius 1 is 0.806 bits per heavy atom. The molecule has 0 aromatic carbocycles. The Balaban J connectivity index is 4.98. The van der Waals surface area contributed by atoms with Crippen LogP contribution < -0.4 is 22.9 Å². The van der Waals surface area contributed by atoms with Crippen molar-refractivity contribution in [2.24, 2.45) is 34.8 Å². The van der Waals surface area contributed by atoms with Gasteiger partial charge in [-0.2, -0.15) is 0 Å². The third-order valence-corrected chi connectivity index (χ3v) is 7.04. The van der Waals surface area contributed by atoms with Crippen molar-refractivity contribution in [3.8, 4) is 0 Å². The molecule has 1 amide bonds. The van der Waals surface area contributed by atoms with Crippen LogP contribution in [0.1, 0.15) is 118 Å². The smallest absolute Gasteiger partial charge is 0.339 e. The van der Waals surface area contributed by atoms with Gasteiger partial charge in [-0.05, 0) is 18.8 Å². The first kappa shape index (κ1) is 34.5. The van der Waals surface area contributed by atoms with Crippen LogP contribution in [0, 0.1) is 11.8 Å². The summed E-state index contributed by atoms with van der Waals surface area (Å²) in [7, 11) is 0. The molecule has 36 heavy (non-hydrogen) atoms. The molecule has 0 aromatic rings. The predicted octanol–water partition coefficient (Wildman–Crippen LogP) is 3.47. The van der Waals surface area contributed by atoms with E-state index in [1.807, 2.05) is 13.8 Å². The van der Waals surface area contributed by atoms with E-state index in [-0.39, 0.29) is 18.2 Å². The van der Waals surface area contributed by atoms with Gasteiger partial charge < -0.3 is 32.9 Å². The summed E-state index contributed by atoms with van der Waals surface area (Å²) in [5.41, 5.74) is 20.6. The van der Waals surface area contributed by atoms with Gasteiger partial charge in [0.05, 0.1) is 18.1 Å². The first-order valence-corrected chi connectivity index (χ1v) is 14.0. The molecule has 0 bridgehead atoms. The Hall–Kier alpha value is -1.55. The summed E-state index contributed by atoms with van der Waals surface area (Å²) < 4.78 is 0. The molecule has 2 unspecified atom stereocenters. The zero-order valence-corrected chi connectivity index (χ0v) is 23.3. The molecule has 0 aliphatic rings. The predicted molar refractivity (Wildman–Crippen MR) is 146 cm³/mol. The average molecular weight is 514 g/mol. The standard InChI is InChI=1S/C27H55N5O4/c1-5-6-7-8-9-10-11-12-13-14-15-16-19-32(23(33)18-17-22(28)29)24(20(2)3)25(34)21(4)27(30,31)26(35)36/h20-22,24H,5-19,28-31H2,1-4H3,(H,35,36). The molecule has 0 spiro atoms. The molecule has 9 nitrogen and oxygen atoms in total. The molecule has 0 rings (SSSR count). The molecular weight excluding hydrogens is 458 g/mol. The highest BCUT2D eigenvalue weighted by atomic mass is 16.4. The Morgan fingerprint density at radius 3 is 1.64 bits per heavy atom. The number of hydrogen-bond donors (Lipinski definition) is 5. The third-order valence-electron chi connectivity index (χ3n) is 7.04. The molecule has 212 valence electrons. The number of unbranched alkanes of at least 4 members (excludes halogenated alkanes) is 11. The summed E-state index contributed by atoms with van der Waals surface area (Å²) in [6.07, 6.45) is 14.2. The van der Waals surface area contributed by atoms with E-state index in [9.17, 15) is 19.5 Å². The van der Waals surface area contributed by atoms with E-state index in [0.717, 1.165) is 25.7 Å². The van der Waals surface area contributed by atoms with Gasteiger partial charge in [0.1, 0.15) is 0 Å². The quantitative estimate of drug-likeness (QED) is 0.108. The van der Waals surface area contributed by atoms with Crippen molar-refractivity contribution >= 4 is 17.7 Å². The van der Waals surface area contributed by atoms with Gasteiger partial charge in [-0.3, -0.25) is 9.59 Å². The lowest BCUT2D eigenvalue weighted by Crippen LogP contribution is -2.65. The molecule has 2 atom stereocenters. The SMILES string of the molecule is CCCCCCCCCCCCCCN(C(=O)CCC(N)N)C(C(=O)C(C)C(N)(N)C(=O)O)C(C)C. The first-order valence-electron chi connectivity index (χ1n) is 14.0. The molecule has 0 saturated carbocycles. The maximum Gasteiger partial charge on any atom is 0.339 e. The van der Waals surface area contributed by atoms with Crippen LogP contribution in [0.5, 0.6) is 0 Å². The third kappa shape index (κ3) is 13.1. The first-order chi connectivity index (χ1) is 16.9.